The van der Waals surface area contributed by atoms with Crippen LogP contribution in [0.4, 0.5) is 0 Å². The Morgan fingerprint density at radius 3 is 2.71 bits per heavy atom. The van der Waals surface area contributed by atoms with Crippen molar-refractivity contribution >= 4 is 17.7 Å². The zero-order valence-corrected chi connectivity index (χ0v) is 10.6. The molecule has 0 saturated heterocycles. The third kappa shape index (κ3) is 6.02. The molecule has 0 saturated carbocycles. The summed E-state index contributed by atoms with van der Waals surface area (Å²) in [6.07, 6.45) is 3.19. The number of hydrogen-bond acceptors (Lipinski definition) is 3. The Kier molecular flexibility index (Phi) is 6.25. The molecule has 0 spiro atoms. The maximum absolute atomic E-state index is 10.2. The average molecular weight is 252 g/mol. The summed E-state index contributed by atoms with van der Waals surface area (Å²) in [5, 5.41) is 10.0. The van der Waals surface area contributed by atoms with E-state index in [0.29, 0.717) is 0 Å². The fraction of sp³-hybridized carbons (Fsp3) is 0.308. The summed E-state index contributed by atoms with van der Waals surface area (Å²) in [4.78, 5) is 10.2. The number of carboxylic acids is 1. The van der Waals surface area contributed by atoms with Gasteiger partial charge in [-0.15, -0.1) is 11.8 Å². The molecule has 0 heterocycles. The minimum Gasteiger partial charge on any atom is -0.497 e. The summed E-state index contributed by atoms with van der Waals surface area (Å²) < 4.78 is 5.08. The van der Waals surface area contributed by atoms with Gasteiger partial charge in [0, 0.05) is 6.08 Å². The number of carbonyl (C=O) groups is 1. The van der Waals surface area contributed by atoms with Crippen LogP contribution in [-0.4, -0.2) is 23.9 Å². The van der Waals surface area contributed by atoms with Crippen LogP contribution < -0.4 is 4.74 Å². The van der Waals surface area contributed by atoms with E-state index in [0.717, 1.165) is 30.4 Å². The van der Waals surface area contributed by atoms with E-state index >= 15 is 0 Å². The van der Waals surface area contributed by atoms with Crippen molar-refractivity contribution < 1.29 is 14.6 Å². The van der Waals surface area contributed by atoms with E-state index in [4.69, 9.17) is 9.84 Å². The van der Waals surface area contributed by atoms with Gasteiger partial charge in [0.2, 0.25) is 0 Å². The Balaban J connectivity index is 2.19. The van der Waals surface area contributed by atoms with Crippen LogP contribution in [0.15, 0.2) is 35.7 Å². The van der Waals surface area contributed by atoms with Crippen LogP contribution in [-0.2, 0) is 11.2 Å². The summed E-state index contributed by atoms with van der Waals surface area (Å²) in [5.41, 5.74) is 1.27. The zero-order valence-electron chi connectivity index (χ0n) is 9.76. The smallest absolute Gasteiger partial charge is 0.328 e. The first kappa shape index (κ1) is 13.6. The van der Waals surface area contributed by atoms with Gasteiger partial charge in [-0.05, 0) is 41.7 Å². The van der Waals surface area contributed by atoms with E-state index in [1.807, 2.05) is 12.1 Å². The standard InChI is InChI=1S/C13H16O3S/c1-16-12-6-4-11(5-7-12)3-2-9-17-10-8-13(14)15/h4-8,10H,2-3,9H2,1H3,(H,14,15)/b10-8-. The number of hydrogen-bond donors (Lipinski definition) is 1. The van der Waals surface area contributed by atoms with Gasteiger partial charge in [-0.2, -0.15) is 0 Å². The van der Waals surface area contributed by atoms with E-state index < -0.39 is 5.97 Å². The first-order valence-corrected chi connectivity index (χ1v) is 6.41. The van der Waals surface area contributed by atoms with E-state index in [-0.39, 0.29) is 0 Å². The molecule has 0 aliphatic rings. The van der Waals surface area contributed by atoms with Gasteiger partial charge in [-0.1, -0.05) is 12.1 Å². The number of benzene rings is 1. The molecule has 1 rings (SSSR count). The van der Waals surface area contributed by atoms with Gasteiger partial charge in [0.05, 0.1) is 7.11 Å². The molecule has 0 bridgehead atoms. The zero-order chi connectivity index (χ0) is 12.5. The van der Waals surface area contributed by atoms with Crippen molar-refractivity contribution in [2.45, 2.75) is 12.8 Å². The summed E-state index contributed by atoms with van der Waals surface area (Å²) >= 11 is 1.52. The molecule has 4 heteroatoms. The van der Waals surface area contributed by atoms with Crippen molar-refractivity contribution in [1.29, 1.82) is 0 Å². The molecule has 1 aromatic carbocycles. The normalized spacial score (nSPS) is 10.6. The van der Waals surface area contributed by atoms with Crippen molar-refractivity contribution in [3.63, 3.8) is 0 Å². The maximum atomic E-state index is 10.2. The first-order valence-electron chi connectivity index (χ1n) is 5.36. The molecule has 17 heavy (non-hydrogen) atoms. The second-order valence-corrected chi connectivity index (χ2v) is 4.48. The Bertz CT molecular complexity index is 371. The highest BCUT2D eigenvalue weighted by atomic mass is 32.2. The van der Waals surface area contributed by atoms with E-state index in [1.54, 1.807) is 12.5 Å². The fourth-order valence-corrected chi connectivity index (χ4v) is 1.99. The molecule has 0 atom stereocenters. The third-order valence-electron chi connectivity index (χ3n) is 2.19. The van der Waals surface area contributed by atoms with Crippen LogP contribution in [0.2, 0.25) is 0 Å². The number of thioether (sulfide) groups is 1. The summed E-state index contributed by atoms with van der Waals surface area (Å²) in [7, 11) is 1.65. The molecule has 0 unspecified atom stereocenters. The van der Waals surface area contributed by atoms with Crippen LogP contribution in [0.3, 0.4) is 0 Å². The Hall–Kier alpha value is -1.42. The molecule has 0 radical (unpaired) electrons. The number of ether oxygens (including phenoxy) is 1. The highest BCUT2D eigenvalue weighted by Gasteiger charge is 1.94. The highest BCUT2D eigenvalue weighted by molar-refractivity contribution is 8.02. The van der Waals surface area contributed by atoms with Gasteiger partial charge in [0.25, 0.3) is 0 Å². The van der Waals surface area contributed by atoms with Crippen LogP contribution >= 0.6 is 11.8 Å². The molecule has 1 N–H and O–H groups in total. The lowest BCUT2D eigenvalue weighted by Gasteiger charge is -2.02. The molecule has 3 nitrogen and oxygen atoms in total. The highest BCUT2D eigenvalue weighted by Crippen LogP contribution is 2.14. The maximum Gasteiger partial charge on any atom is 0.328 e. The molecule has 92 valence electrons. The van der Waals surface area contributed by atoms with Gasteiger partial charge in [-0.25, -0.2) is 4.79 Å². The Labute approximate surface area is 105 Å². The predicted octanol–water partition coefficient (Wildman–Crippen LogP) is 2.96. The molecule has 0 aromatic heterocycles. The minimum atomic E-state index is -0.896. The van der Waals surface area contributed by atoms with Gasteiger partial charge in [0.15, 0.2) is 0 Å². The topological polar surface area (TPSA) is 46.5 Å². The summed E-state index contributed by atoms with van der Waals surface area (Å²) in [6, 6.07) is 8.01. The number of aliphatic carboxylic acids is 1. The summed E-state index contributed by atoms with van der Waals surface area (Å²) in [6.45, 7) is 0. The molecule has 0 aliphatic carbocycles. The molecule has 0 aliphatic heterocycles. The van der Waals surface area contributed by atoms with E-state index in [2.05, 4.69) is 12.1 Å². The molecular weight excluding hydrogens is 236 g/mol. The SMILES string of the molecule is COc1ccc(CCCS/C=C\C(=O)O)cc1. The number of methoxy groups -OCH3 is 1. The third-order valence-corrected chi connectivity index (χ3v) is 3.05. The second kappa shape index (κ2) is 7.79. The van der Waals surface area contributed by atoms with E-state index in [1.165, 1.54) is 17.3 Å². The van der Waals surface area contributed by atoms with Crippen LogP contribution in [0.5, 0.6) is 5.75 Å². The Morgan fingerprint density at radius 1 is 1.41 bits per heavy atom. The predicted molar refractivity (Wildman–Crippen MR) is 70.5 cm³/mol. The minimum absolute atomic E-state index is 0.868. The lowest BCUT2D eigenvalue weighted by Crippen LogP contribution is -1.89. The summed E-state index contributed by atoms with van der Waals surface area (Å²) in [5.74, 6) is 0.899. The largest absolute Gasteiger partial charge is 0.497 e. The lowest BCUT2D eigenvalue weighted by molar-refractivity contribution is -0.131. The average Bonchev–Trinajstić information content (AvgIpc) is 2.34. The van der Waals surface area contributed by atoms with Crippen LogP contribution in [0, 0.1) is 0 Å². The van der Waals surface area contributed by atoms with Crippen molar-refractivity contribution in [2.24, 2.45) is 0 Å². The van der Waals surface area contributed by atoms with Crippen molar-refractivity contribution in [2.75, 3.05) is 12.9 Å². The van der Waals surface area contributed by atoms with Gasteiger partial charge < -0.3 is 9.84 Å². The molecule has 1 aromatic rings. The molecule has 0 fully saturated rings. The molecule has 0 amide bonds. The van der Waals surface area contributed by atoms with Gasteiger partial charge >= 0.3 is 5.97 Å². The van der Waals surface area contributed by atoms with Crippen LogP contribution in [0.25, 0.3) is 0 Å². The quantitative estimate of drug-likeness (QED) is 0.598. The van der Waals surface area contributed by atoms with E-state index in [9.17, 15) is 4.79 Å². The number of aryl methyl sites for hydroxylation is 1. The first-order chi connectivity index (χ1) is 8.22. The second-order valence-electron chi connectivity index (χ2n) is 3.46. The van der Waals surface area contributed by atoms with Crippen LogP contribution in [0.1, 0.15) is 12.0 Å². The fourth-order valence-electron chi connectivity index (χ4n) is 1.33. The van der Waals surface area contributed by atoms with Crippen molar-refractivity contribution in [3.05, 3.63) is 41.3 Å². The number of rotatable bonds is 7. The lowest BCUT2D eigenvalue weighted by atomic mass is 10.1. The molecular formula is C13H16O3S. The monoisotopic (exact) mass is 252 g/mol. The van der Waals surface area contributed by atoms with Gasteiger partial charge in [-0.3, -0.25) is 0 Å². The Morgan fingerprint density at radius 2 is 2.12 bits per heavy atom. The van der Waals surface area contributed by atoms with Crippen molar-refractivity contribution in [1.82, 2.24) is 0 Å². The van der Waals surface area contributed by atoms with Gasteiger partial charge in [0.1, 0.15) is 5.75 Å². The van der Waals surface area contributed by atoms with Crippen molar-refractivity contribution in [3.8, 4) is 5.75 Å². The number of carboxylic acid groups (broad SMARTS) is 1.